The minimum atomic E-state index is -0.930. The molecule has 0 bridgehead atoms. The fraction of sp³-hybridized carbons (Fsp3) is 0.455. The van der Waals surface area contributed by atoms with Crippen LogP contribution in [0.2, 0.25) is 0 Å². The predicted molar refractivity (Wildman–Crippen MR) is 58.4 cm³/mol. The summed E-state index contributed by atoms with van der Waals surface area (Å²) >= 11 is 0. The molecule has 0 aliphatic heterocycles. The van der Waals surface area contributed by atoms with E-state index in [9.17, 15) is 4.21 Å². The van der Waals surface area contributed by atoms with Crippen LogP contribution < -0.4 is 5.73 Å². The second-order valence-corrected chi connectivity index (χ2v) is 5.20. The largest absolute Gasteiger partial charge is 0.324 e. The van der Waals surface area contributed by atoms with E-state index in [1.54, 1.807) is 6.26 Å². The third kappa shape index (κ3) is 1.88. The Morgan fingerprint density at radius 3 is 2.64 bits per heavy atom. The average Bonchev–Trinajstić information content (AvgIpc) is 3.00. The molecular weight excluding hydrogens is 194 g/mol. The Morgan fingerprint density at radius 2 is 2.07 bits per heavy atom. The van der Waals surface area contributed by atoms with Crippen molar-refractivity contribution in [1.82, 2.24) is 0 Å². The van der Waals surface area contributed by atoms with Gasteiger partial charge in [0.15, 0.2) is 0 Å². The minimum Gasteiger partial charge on any atom is -0.324 e. The van der Waals surface area contributed by atoms with Crippen molar-refractivity contribution in [2.75, 3.05) is 6.26 Å². The fourth-order valence-electron chi connectivity index (χ4n) is 1.73. The van der Waals surface area contributed by atoms with Gasteiger partial charge in [-0.25, -0.2) is 0 Å². The molecule has 2 nitrogen and oxygen atoms in total. The Hall–Kier alpha value is -0.670. The molecule has 1 aliphatic carbocycles. The van der Waals surface area contributed by atoms with Crippen molar-refractivity contribution >= 4 is 10.8 Å². The highest BCUT2D eigenvalue weighted by atomic mass is 32.2. The molecule has 0 spiro atoms. The van der Waals surface area contributed by atoms with Crippen molar-refractivity contribution in [1.29, 1.82) is 0 Å². The summed E-state index contributed by atoms with van der Waals surface area (Å²) in [7, 11) is -0.930. The summed E-state index contributed by atoms with van der Waals surface area (Å²) in [5, 5.41) is 0. The van der Waals surface area contributed by atoms with Crippen LogP contribution in [0.4, 0.5) is 0 Å². The van der Waals surface area contributed by atoms with E-state index in [1.807, 2.05) is 24.3 Å². The number of rotatable bonds is 3. The fourth-order valence-corrected chi connectivity index (χ4v) is 2.53. The van der Waals surface area contributed by atoms with E-state index in [1.165, 1.54) is 12.8 Å². The lowest BCUT2D eigenvalue weighted by molar-refractivity contribution is 0.619. The van der Waals surface area contributed by atoms with Crippen LogP contribution in [0.25, 0.3) is 0 Å². The smallest absolute Gasteiger partial charge is 0.0501 e. The Morgan fingerprint density at radius 1 is 1.43 bits per heavy atom. The van der Waals surface area contributed by atoms with Gasteiger partial charge in [-0.2, -0.15) is 0 Å². The van der Waals surface area contributed by atoms with Gasteiger partial charge in [-0.05, 0) is 30.4 Å². The maximum atomic E-state index is 11.5. The van der Waals surface area contributed by atoms with Gasteiger partial charge in [-0.1, -0.05) is 18.2 Å². The Bertz CT molecular complexity index is 360. The van der Waals surface area contributed by atoms with Crippen LogP contribution in [0, 0.1) is 5.92 Å². The molecule has 1 saturated carbocycles. The third-order valence-corrected chi connectivity index (χ3v) is 3.71. The second kappa shape index (κ2) is 3.83. The van der Waals surface area contributed by atoms with Gasteiger partial charge >= 0.3 is 0 Å². The van der Waals surface area contributed by atoms with E-state index in [0.29, 0.717) is 5.92 Å². The van der Waals surface area contributed by atoms with Gasteiger partial charge in [0.1, 0.15) is 0 Å². The molecule has 2 N–H and O–H groups in total. The molecule has 0 aromatic heterocycles. The Kier molecular flexibility index (Phi) is 2.70. The van der Waals surface area contributed by atoms with E-state index in [0.717, 1.165) is 10.5 Å². The molecule has 0 heterocycles. The highest BCUT2D eigenvalue weighted by Gasteiger charge is 2.30. The first-order valence-corrected chi connectivity index (χ1v) is 6.44. The summed E-state index contributed by atoms with van der Waals surface area (Å²) in [6.07, 6.45) is 4.14. The standard InChI is InChI=1S/C11H15NOS/c1-14(13)10-5-3-2-4-9(10)11(12)8-6-7-8/h2-5,8,11H,6-7,12H2,1H3/t11-,14?/m0/s1. The van der Waals surface area contributed by atoms with E-state index in [-0.39, 0.29) is 6.04 Å². The highest BCUT2D eigenvalue weighted by Crippen LogP contribution is 2.40. The van der Waals surface area contributed by atoms with Crippen LogP contribution in [0.15, 0.2) is 29.2 Å². The van der Waals surface area contributed by atoms with E-state index >= 15 is 0 Å². The molecule has 1 aromatic carbocycles. The van der Waals surface area contributed by atoms with Crippen LogP contribution in [0.3, 0.4) is 0 Å². The number of hydrogen-bond acceptors (Lipinski definition) is 2. The molecule has 2 atom stereocenters. The van der Waals surface area contributed by atoms with Gasteiger partial charge in [0.25, 0.3) is 0 Å². The van der Waals surface area contributed by atoms with Crippen molar-refractivity contribution in [3.8, 4) is 0 Å². The zero-order chi connectivity index (χ0) is 10.1. The Labute approximate surface area is 87.0 Å². The first-order valence-electron chi connectivity index (χ1n) is 4.88. The molecule has 1 aromatic rings. The first kappa shape index (κ1) is 9.87. The lowest BCUT2D eigenvalue weighted by Gasteiger charge is -2.14. The van der Waals surface area contributed by atoms with Crippen molar-refractivity contribution in [2.24, 2.45) is 11.7 Å². The predicted octanol–water partition coefficient (Wildman–Crippen LogP) is 1.83. The van der Waals surface area contributed by atoms with Crippen LogP contribution in [-0.2, 0) is 10.8 Å². The molecule has 2 rings (SSSR count). The molecule has 1 unspecified atom stereocenters. The van der Waals surface area contributed by atoms with Crippen LogP contribution >= 0.6 is 0 Å². The van der Waals surface area contributed by atoms with Crippen molar-refractivity contribution in [2.45, 2.75) is 23.8 Å². The molecular formula is C11H15NOS. The quantitative estimate of drug-likeness (QED) is 0.825. The summed E-state index contributed by atoms with van der Waals surface area (Å²) in [6, 6.07) is 7.87. The van der Waals surface area contributed by atoms with Crippen LogP contribution in [0.5, 0.6) is 0 Å². The lowest BCUT2D eigenvalue weighted by Crippen LogP contribution is -2.14. The molecule has 0 amide bonds. The lowest BCUT2D eigenvalue weighted by atomic mass is 10.0. The van der Waals surface area contributed by atoms with Gasteiger partial charge in [0, 0.05) is 17.2 Å². The zero-order valence-corrected chi connectivity index (χ0v) is 9.09. The van der Waals surface area contributed by atoms with E-state index in [4.69, 9.17) is 5.73 Å². The number of nitrogens with two attached hydrogens (primary N) is 1. The van der Waals surface area contributed by atoms with E-state index < -0.39 is 10.8 Å². The molecule has 76 valence electrons. The van der Waals surface area contributed by atoms with Crippen LogP contribution in [-0.4, -0.2) is 10.5 Å². The molecule has 1 fully saturated rings. The third-order valence-electron chi connectivity index (χ3n) is 2.72. The molecule has 3 heteroatoms. The van der Waals surface area contributed by atoms with Crippen molar-refractivity contribution in [3.63, 3.8) is 0 Å². The van der Waals surface area contributed by atoms with Gasteiger partial charge in [0.2, 0.25) is 0 Å². The first-order chi connectivity index (χ1) is 6.70. The molecule has 0 radical (unpaired) electrons. The summed E-state index contributed by atoms with van der Waals surface area (Å²) in [5.74, 6) is 0.611. The average molecular weight is 209 g/mol. The normalized spacial score (nSPS) is 20.4. The van der Waals surface area contributed by atoms with E-state index in [2.05, 4.69) is 0 Å². The van der Waals surface area contributed by atoms with Crippen molar-refractivity contribution < 1.29 is 4.21 Å². The number of benzene rings is 1. The topological polar surface area (TPSA) is 43.1 Å². The molecule has 0 saturated heterocycles. The maximum absolute atomic E-state index is 11.5. The Balaban J connectivity index is 2.34. The van der Waals surface area contributed by atoms with Gasteiger partial charge < -0.3 is 5.73 Å². The van der Waals surface area contributed by atoms with Gasteiger partial charge in [-0.3, -0.25) is 4.21 Å². The minimum absolute atomic E-state index is 0.0788. The summed E-state index contributed by atoms with van der Waals surface area (Å²) in [4.78, 5) is 0.895. The molecule has 14 heavy (non-hydrogen) atoms. The summed E-state index contributed by atoms with van der Waals surface area (Å²) in [6.45, 7) is 0. The maximum Gasteiger partial charge on any atom is 0.0501 e. The summed E-state index contributed by atoms with van der Waals surface area (Å²) < 4.78 is 11.5. The van der Waals surface area contributed by atoms with Gasteiger partial charge in [0.05, 0.1) is 10.8 Å². The van der Waals surface area contributed by atoms with Gasteiger partial charge in [-0.15, -0.1) is 0 Å². The summed E-state index contributed by atoms with van der Waals surface area (Å²) in [5.41, 5.74) is 7.17. The monoisotopic (exact) mass is 209 g/mol. The van der Waals surface area contributed by atoms with Crippen LogP contribution in [0.1, 0.15) is 24.4 Å². The SMILES string of the molecule is CS(=O)c1ccccc1[C@@H](N)C1CC1. The zero-order valence-electron chi connectivity index (χ0n) is 8.27. The number of hydrogen-bond donors (Lipinski definition) is 1. The molecule has 1 aliphatic rings. The van der Waals surface area contributed by atoms with Crippen molar-refractivity contribution in [3.05, 3.63) is 29.8 Å². The second-order valence-electron chi connectivity index (χ2n) is 3.86. The highest BCUT2D eigenvalue weighted by molar-refractivity contribution is 7.84.